The highest BCUT2D eigenvalue weighted by Gasteiger charge is 2.42. The fraction of sp³-hybridized carbons (Fsp3) is 0.280. The number of benzene rings is 2. The van der Waals surface area contributed by atoms with Gasteiger partial charge in [0.25, 0.3) is 5.91 Å². The average Bonchev–Trinajstić information content (AvgIpc) is 3.33. The Morgan fingerprint density at radius 3 is 2.37 bits per heavy atom. The number of fused-ring (bicyclic) bond motifs is 2. The van der Waals surface area contributed by atoms with Crippen molar-refractivity contribution in [3.63, 3.8) is 0 Å². The summed E-state index contributed by atoms with van der Waals surface area (Å²) in [5, 5.41) is 8.76. The van der Waals surface area contributed by atoms with Crippen LogP contribution in [0.25, 0.3) is 10.2 Å². The number of nitrogens with one attached hydrogen (secondary N) is 1. The Morgan fingerprint density at radius 2 is 1.73 bits per heavy atom. The van der Waals surface area contributed by atoms with E-state index < -0.39 is 0 Å². The normalized spacial score (nSPS) is 21.5. The van der Waals surface area contributed by atoms with Crippen LogP contribution >= 0.6 is 11.3 Å². The summed E-state index contributed by atoms with van der Waals surface area (Å²) in [7, 11) is 1.93. The maximum absolute atomic E-state index is 12.9. The topological polar surface area (TPSA) is 46.9 Å². The zero-order chi connectivity index (χ0) is 20.4. The lowest BCUT2D eigenvalue weighted by molar-refractivity contribution is 0.0947. The zero-order valence-electron chi connectivity index (χ0n) is 17.1. The summed E-state index contributed by atoms with van der Waals surface area (Å²) in [5.41, 5.74) is 6.79. The van der Waals surface area contributed by atoms with E-state index in [1.165, 1.54) is 33.6 Å². The van der Waals surface area contributed by atoms with Gasteiger partial charge in [0.15, 0.2) is 0 Å². The van der Waals surface area contributed by atoms with Gasteiger partial charge in [0.1, 0.15) is 4.83 Å². The van der Waals surface area contributed by atoms with Crippen LogP contribution in [0.5, 0.6) is 0 Å². The van der Waals surface area contributed by atoms with Crippen LogP contribution in [-0.4, -0.2) is 22.2 Å². The first kappa shape index (κ1) is 17.9. The Hall–Kier alpha value is -2.92. The molecule has 1 atom stereocenters. The van der Waals surface area contributed by atoms with Gasteiger partial charge in [-0.2, -0.15) is 5.10 Å². The van der Waals surface area contributed by atoms with E-state index in [4.69, 9.17) is 0 Å². The molecule has 2 aromatic carbocycles. The van der Waals surface area contributed by atoms with Gasteiger partial charge in [0, 0.05) is 30.8 Å². The van der Waals surface area contributed by atoms with Gasteiger partial charge in [-0.15, -0.1) is 11.3 Å². The predicted molar refractivity (Wildman–Crippen MR) is 120 cm³/mol. The van der Waals surface area contributed by atoms with Gasteiger partial charge in [-0.3, -0.25) is 9.48 Å². The van der Waals surface area contributed by atoms with Gasteiger partial charge in [0.2, 0.25) is 0 Å². The first-order valence-corrected chi connectivity index (χ1v) is 11.3. The van der Waals surface area contributed by atoms with Crippen molar-refractivity contribution in [2.24, 2.45) is 13.0 Å². The second-order valence-electron chi connectivity index (χ2n) is 8.53. The number of amides is 1. The molecule has 1 amide bonds. The van der Waals surface area contributed by atoms with E-state index in [9.17, 15) is 4.79 Å². The number of aryl methyl sites for hydroxylation is 2. The molecule has 0 aliphatic heterocycles. The Labute approximate surface area is 179 Å². The van der Waals surface area contributed by atoms with Gasteiger partial charge in [-0.1, -0.05) is 48.5 Å². The lowest BCUT2D eigenvalue weighted by Gasteiger charge is -2.45. The fourth-order valence-electron chi connectivity index (χ4n) is 5.59. The summed E-state index contributed by atoms with van der Waals surface area (Å²) in [6, 6.07) is 19.7. The summed E-state index contributed by atoms with van der Waals surface area (Å²) in [6.45, 7) is 2.69. The maximum atomic E-state index is 12.9. The Balaban J connectivity index is 1.28. The third-order valence-corrected chi connectivity index (χ3v) is 8.07. The van der Waals surface area contributed by atoms with Crippen LogP contribution in [0, 0.1) is 12.8 Å². The quantitative estimate of drug-likeness (QED) is 0.515. The van der Waals surface area contributed by atoms with Crippen molar-refractivity contribution >= 4 is 27.5 Å². The molecule has 30 heavy (non-hydrogen) atoms. The Bertz CT molecular complexity index is 1220. The number of thiophene rings is 1. The predicted octanol–water partition coefficient (Wildman–Crippen LogP) is 4.97. The molecular weight excluding hydrogens is 390 g/mol. The molecule has 0 saturated carbocycles. The van der Waals surface area contributed by atoms with Gasteiger partial charge >= 0.3 is 0 Å². The lowest BCUT2D eigenvalue weighted by Crippen LogP contribution is -2.39. The molecule has 7 rings (SSSR count). The van der Waals surface area contributed by atoms with Crippen LogP contribution in [0.4, 0.5) is 0 Å². The standard InChI is InChI=1S/C25H23N3OS/c1-14-20-12-22(30-25(20)28(2)27-14)24(29)26-13-15-11-21-16-7-3-5-9-18(16)23(15)19-10-6-4-8-17(19)21/h3-10,12,15,21,23H,11,13H2,1-2H3,(H,26,29). The lowest BCUT2D eigenvalue weighted by atomic mass is 9.59. The second kappa shape index (κ2) is 6.54. The fourth-order valence-corrected chi connectivity index (χ4v) is 6.63. The van der Waals surface area contributed by atoms with Crippen LogP contribution in [0.15, 0.2) is 54.6 Å². The zero-order valence-corrected chi connectivity index (χ0v) is 17.9. The molecule has 2 aromatic heterocycles. The number of rotatable bonds is 3. The molecule has 1 N–H and O–H groups in total. The van der Waals surface area contributed by atoms with Gasteiger partial charge in [-0.05, 0) is 47.6 Å². The minimum atomic E-state index is 0.0265. The molecule has 0 fully saturated rings. The maximum Gasteiger partial charge on any atom is 0.261 e. The SMILES string of the molecule is Cc1nn(C)c2sc(C(=O)NCC3CC4c5ccccc5C3c3ccccc34)cc12. The van der Waals surface area contributed by atoms with Crippen LogP contribution in [-0.2, 0) is 7.05 Å². The van der Waals surface area contributed by atoms with Gasteiger partial charge in [0.05, 0.1) is 10.6 Å². The molecule has 0 spiro atoms. The van der Waals surface area contributed by atoms with Crippen molar-refractivity contribution in [2.75, 3.05) is 6.54 Å². The van der Waals surface area contributed by atoms with E-state index in [1.54, 1.807) is 0 Å². The molecule has 4 nitrogen and oxygen atoms in total. The highest BCUT2D eigenvalue weighted by molar-refractivity contribution is 7.20. The van der Waals surface area contributed by atoms with Gasteiger partial charge < -0.3 is 5.32 Å². The largest absolute Gasteiger partial charge is 0.351 e. The number of carbonyl (C=O) groups is 1. The number of nitrogens with zero attached hydrogens (tertiary/aromatic N) is 2. The van der Waals surface area contributed by atoms with Gasteiger partial charge in [-0.25, -0.2) is 0 Å². The summed E-state index contributed by atoms with van der Waals surface area (Å²) in [5.74, 6) is 1.24. The molecule has 2 heterocycles. The molecular formula is C25H23N3OS. The minimum Gasteiger partial charge on any atom is -0.351 e. The average molecular weight is 414 g/mol. The van der Waals surface area contributed by atoms with E-state index in [2.05, 4.69) is 58.9 Å². The molecule has 4 aromatic rings. The summed E-state index contributed by atoms with van der Waals surface area (Å²) in [6.07, 6.45) is 1.09. The van der Waals surface area contributed by atoms with Crippen molar-refractivity contribution in [2.45, 2.75) is 25.2 Å². The number of hydrogen-bond acceptors (Lipinski definition) is 3. The highest BCUT2D eigenvalue weighted by atomic mass is 32.1. The van der Waals surface area contributed by atoms with E-state index >= 15 is 0 Å². The van der Waals surface area contributed by atoms with Crippen LogP contribution in [0.2, 0.25) is 0 Å². The smallest absolute Gasteiger partial charge is 0.261 e. The number of aromatic nitrogens is 2. The second-order valence-corrected chi connectivity index (χ2v) is 9.56. The molecule has 0 saturated heterocycles. The van der Waals surface area contributed by atoms with Crippen molar-refractivity contribution < 1.29 is 4.79 Å². The molecule has 3 aliphatic rings. The number of carbonyl (C=O) groups excluding carboxylic acids is 1. The van der Waals surface area contributed by atoms with Crippen molar-refractivity contribution in [1.29, 1.82) is 0 Å². The molecule has 1 unspecified atom stereocenters. The van der Waals surface area contributed by atoms with E-state index in [0.29, 0.717) is 24.3 Å². The minimum absolute atomic E-state index is 0.0265. The van der Waals surface area contributed by atoms with Crippen LogP contribution in [0.1, 0.15) is 55.9 Å². The van der Waals surface area contributed by atoms with E-state index in [-0.39, 0.29) is 5.91 Å². The van der Waals surface area contributed by atoms with Crippen LogP contribution < -0.4 is 5.32 Å². The van der Waals surface area contributed by atoms with E-state index in [1.807, 2.05) is 24.7 Å². The van der Waals surface area contributed by atoms with E-state index in [0.717, 1.165) is 27.2 Å². The summed E-state index contributed by atoms with van der Waals surface area (Å²) in [4.78, 5) is 14.8. The third kappa shape index (κ3) is 2.51. The first-order valence-electron chi connectivity index (χ1n) is 10.5. The molecule has 2 bridgehead atoms. The van der Waals surface area contributed by atoms with Crippen molar-refractivity contribution in [3.05, 3.63) is 87.4 Å². The monoisotopic (exact) mass is 413 g/mol. The molecule has 0 radical (unpaired) electrons. The molecule has 150 valence electrons. The number of hydrogen-bond donors (Lipinski definition) is 1. The molecule has 5 heteroatoms. The highest BCUT2D eigenvalue weighted by Crippen LogP contribution is 2.55. The molecule has 3 aliphatic carbocycles. The Kier molecular flexibility index (Phi) is 3.90. The van der Waals surface area contributed by atoms with Crippen molar-refractivity contribution in [1.82, 2.24) is 15.1 Å². The third-order valence-electron chi connectivity index (χ3n) is 6.87. The Morgan fingerprint density at radius 1 is 1.10 bits per heavy atom. The van der Waals surface area contributed by atoms with Crippen molar-refractivity contribution in [3.8, 4) is 0 Å². The summed E-state index contributed by atoms with van der Waals surface area (Å²) < 4.78 is 1.86. The summed E-state index contributed by atoms with van der Waals surface area (Å²) >= 11 is 1.52. The van der Waals surface area contributed by atoms with Crippen LogP contribution in [0.3, 0.4) is 0 Å². The first-order chi connectivity index (χ1) is 14.6.